The Balaban J connectivity index is 1.41. The van der Waals surface area contributed by atoms with Crippen molar-refractivity contribution in [2.75, 3.05) is 33.1 Å². The molecule has 188 valence electrons. The molecule has 0 N–H and O–H groups in total. The number of rotatable bonds is 8. The summed E-state index contributed by atoms with van der Waals surface area (Å²) in [5, 5.41) is 22.3. The summed E-state index contributed by atoms with van der Waals surface area (Å²) >= 11 is 7.12. The molecule has 2 atom stereocenters. The summed E-state index contributed by atoms with van der Waals surface area (Å²) in [5.74, 6) is 0. The maximum atomic E-state index is 4.57. The highest BCUT2D eigenvalue weighted by Gasteiger charge is 2.31. The Hall–Kier alpha value is -1.88. The van der Waals surface area contributed by atoms with Crippen molar-refractivity contribution in [1.29, 1.82) is 0 Å². The summed E-state index contributed by atoms with van der Waals surface area (Å²) in [4.78, 5) is 5.08. The molecule has 2 aliphatic rings. The minimum absolute atomic E-state index is 0.541. The number of halogens is 2. The fraction of sp³-hybridized carbons (Fsp3) is 0.520. The van der Waals surface area contributed by atoms with E-state index >= 15 is 0 Å². The first kappa shape index (κ1) is 26.2. The molecule has 35 heavy (non-hydrogen) atoms. The zero-order chi connectivity index (χ0) is 24.6. The molecule has 0 saturated carbocycles. The van der Waals surface area contributed by atoms with Gasteiger partial charge in [0.05, 0.1) is 20.0 Å². The Bertz CT molecular complexity index is 937. The van der Waals surface area contributed by atoms with Crippen molar-refractivity contribution in [3.63, 3.8) is 0 Å². The van der Waals surface area contributed by atoms with Gasteiger partial charge in [0.15, 0.2) is 0 Å². The van der Waals surface area contributed by atoms with Crippen molar-refractivity contribution in [3.05, 3.63) is 57.5 Å². The van der Waals surface area contributed by atoms with E-state index in [1.54, 1.807) is 0 Å². The average molecular weight is 606 g/mol. The van der Waals surface area contributed by atoms with Gasteiger partial charge in [0.2, 0.25) is 0 Å². The van der Waals surface area contributed by atoms with Gasteiger partial charge in [0.25, 0.3) is 0 Å². The first-order valence-corrected chi connectivity index (χ1v) is 14.0. The highest BCUT2D eigenvalue weighted by atomic mass is 79.9. The summed E-state index contributed by atoms with van der Waals surface area (Å²) in [6.45, 7) is 8.84. The molecule has 8 nitrogen and oxygen atoms in total. The standard InChI is InChI=1S/C25H34Br2N8/c1-3-20-13-15-34(30-28-24-11-7-5-9-22(24)26)18-32(20)17-33-19-35(16-14-21(33)4-2)31-29-25-12-8-6-10-23(25)27/h5-12,20-21H,3-4,13-19H2,1-2H3. The molecule has 0 radical (unpaired) electrons. The molecule has 4 rings (SSSR count). The van der Waals surface area contributed by atoms with Crippen molar-refractivity contribution in [2.24, 2.45) is 20.7 Å². The first-order valence-electron chi connectivity index (χ1n) is 12.4. The minimum Gasteiger partial charge on any atom is -0.268 e. The van der Waals surface area contributed by atoms with Gasteiger partial charge in [-0.3, -0.25) is 19.8 Å². The van der Waals surface area contributed by atoms with Crippen molar-refractivity contribution in [1.82, 2.24) is 19.8 Å². The van der Waals surface area contributed by atoms with E-state index in [2.05, 4.69) is 86.2 Å². The molecule has 2 fully saturated rings. The van der Waals surface area contributed by atoms with Gasteiger partial charge in [-0.1, -0.05) is 48.6 Å². The van der Waals surface area contributed by atoms with Crippen LogP contribution in [0.3, 0.4) is 0 Å². The van der Waals surface area contributed by atoms with E-state index in [0.29, 0.717) is 12.1 Å². The van der Waals surface area contributed by atoms with Gasteiger partial charge in [0.1, 0.15) is 11.4 Å². The average Bonchev–Trinajstić information content (AvgIpc) is 2.88. The van der Waals surface area contributed by atoms with Crippen LogP contribution in [0.25, 0.3) is 0 Å². The Morgan fingerprint density at radius 1 is 0.714 bits per heavy atom. The minimum atomic E-state index is 0.541. The molecule has 0 amide bonds. The second kappa shape index (κ2) is 12.9. The van der Waals surface area contributed by atoms with Crippen LogP contribution in [-0.2, 0) is 0 Å². The molecular formula is C25H34Br2N8. The van der Waals surface area contributed by atoms with Crippen LogP contribution < -0.4 is 0 Å². The second-order valence-electron chi connectivity index (χ2n) is 9.05. The van der Waals surface area contributed by atoms with Gasteiger partial charge in [-0.05, 0) is 81.8 Å². The molecule has 2 saturated heterocycles. The molecule has 2 unspecified atom stereocenters. The lowest BCUT2D eigenvalue weighted by Gasteiger charge is -2.46. The topological polar surface area (TPSA) is 62.4 Å². The van der Waals surface area contributed by atoms with E-state index < -0.39 is 0 Å². The first-order chi connectivity index (χ1) is 17.1. The Labute approximate surface area is 225 Å². The Morgan fingerprint density at radius 3 is 1.54 bits per heavy atom. The van der Waals surface area contributed by atoms with Crippen molar-refractivity contribution in [3.8, 4) is 0 Å². The highest BCUT2D eigenvalue weighted by Crippen LogP contribution is 2.28. The molecule has 10 heteroatoms. The summed E-state index contributed by atoms with van der Waals surface area (Å²) in [6, 6.07) is 17.0. The summed E-state index contributed by atoms with van der Waals surface area (Å²) < 4.78 is 1.92. The maximum Gasteiger partial charge on any atom is 0.102 e. The third kappa shape index (κ3) is 7.09. The Morgan fingerprint density at radius 2 is 1.14 bits per heavy atom. The largest absolute Gasteiger partial charge is 0.268 e. The quantitative estimate of drug-likeness (QED) is 0.295. The second-order valence-corrected chi connectivity index (χ2v) is 10.8. The third-order valence-electron chi connectivity index (χ3n) is 6.73. The van der Waals surface area contributed by atoms with E-state index in [9.17, 15) is 0 Å². The van der Waals surface area contributed by atoms with Crippen LogP contribution in [0.1, 0.15) is 39.5 Å². The van der Waals surface area contributed by atoms with Gasteiger partial charge in [-0.15, -0.1) is 10.2 Å². The van der Waals surface area contributed by atoms with Crippen molar-refractivity contribution < 1.29 is 0 Å². The van der Waals surface area contributed by atoms with Gasteiger partial charge in [-0.25, -0.2) is 0 Å². The lowest BCUT2D eigenvalue weighted by atomic mass is 10.1. The molecule has 2 aliphatic heterocycles. The number of benzene rings is 2. The smallest absolute Gasteiger partial charge is 0.102 e. The predicted octanol–water partition coefficient (Wildman–Crippen LogP) is 7.35. The molecule has 0 aliphatic carbocycles. The molecule has 2 aromatic rings. The van der Waals surface area contributed by atoms with E-state index in [4.69, 9.17) is 0 Å². The Kier molecular flexibility index (Phi) is 9.65. The highest BCUT2D eigenvalue weighted by molar-refractivity contribution is 9.11. The van der Waals surface area contributed by atoms with Crippen LogP contribution in [0.2, 0.25) is 0 Å². The molecule has 0 bridgehead atoms. The molecule has 2 heterocycles. The summed E-state index contributed by atoms with van der Waals surface area (Å²) in [6.07, 6.45) is 4.43. The van der Waals surface area contributed by atoms with Crippen LogP contribution in [0.5, 0.6) is 0 Å². The molecule has 0 spiro atoms. The lowest BCUT2D eigenvalue weighted by molar-refractivity contribution is -0.0546. The summed E-state index contributed by atoms with van der Waals surface area (Å²) in [7, 11) is 0. The number of hydrogen-bond donors (Lipinski definition) is 0. The van der Waals surface area contributed by atoms with Crippen molar-refractivity contribution >= 4 is 43.2 Å². The van der Waals surface area contributed by atoms with E-state index in [0.717, 1.165) is 79.1 Å². The fourth-order valence-corrected chi connectivity index (χ4v) is 5.39. The zero-order valence-electron chi connectivity index (χ0n) is 20.5. The van der Waals surface area contributed by atoms with Gasteiger partial charge in [0, 0.05) is 34.1 Å². The number of nitrogens with zero attached hydrogens (tertiary/aromatic N) is 8. The van der Waals surface area contributed by atoms with E-state index in [1.807, 2.05) is 48.5 Å². The van der Waals surface area contributed by atoms with Crippen LogP contribution >= 0.6 is 31.9 Å². The molecule has 2 aromatic carbocycles. The van der Waals surface area contributed by atoms with Crippen LogP contribution in [-0.4, -0.2) is 65.0 Å². The molecule has 0 aromatic heterocycles. The SMILES string of the molecule is CCC1CCN(N=Nc2ccccc2Br)CN1CN1CN(N=Nc2ccccc2Br)CCC1CC. The van der Waals surface area contributed by atoms with Gasteiger partial charge >= 0.3 is 0 Å². The van der Waals surface area contributed by atoms with E-state index in [1.165, 1.54) is 0 Å². The fourth-order valence-electron chi connectivity index (χ4n) is 4.67. The normalized spacial score (nSPS) is 22.5. The van der Waals surface area contributed by atoms with Crippen molar-refractivity contribution in [2.45, 2.75) is 51.6 Å². The predicted molar refractivity (Wildman–Crippen MR) is 146 cm³/mol. The van der Waals surface area contributed by atoms with Gasteiger partial charge < -0.3 is 0 Å². The maximum absolute atomic E-state index is 4.57. The van der Waals surface area contributed by atoms with Gasteiger partial charge in [-0.2, -0.15) is 0 Å². The van der Waals surface area contributed by atoms with E-state index in [-0.39, 0.29) is 0 Å². The number of hydrogen-bond acceptors (Lipinski definition) is 6. The van der Waals surface area contributed by atoms with Crippen LogP contribution in [0, 0.1) is 0 Å². The monoisotopic (exact) mass is 604 g/mol. The third-order valence-corrected chi connectivity index (χ3v) is 8.07. The zero-order valence-corrected chi connectivity index (χ0v) is 23.6. The molecular weight excluding hydrogens is 572 g/mol. The lowest BCUT2D eigenvalue weighted by Crippen LogP contribution is -2.57. The van der Waals surface area contributed by atoms with Crippen LogP contribution in [0.15, 0.2) is 78.2 Å². The summed E-state index contributed by atoms with van der Waals surface area (Å²) in [5.41, 5.74) is 1.70. The van der Waals surface area contributed by atoms with Crippen LogP contribution in [0.4, 0.5) is 11.4 Å².